The number of nitrogens with zero attached hydrogens (tertiary/aromatic N) is 1. The zero-order valence-corrected chi connectivity index (χ0v) is 29.9. The first-order valence-electron chi connectivity index (χ1n) is 17.1. The summed E-state index contributed by atoms with van der Waals surface area (Å²) in [7, 11) is 1.31. The van der Waals surface area contributed by atoms with Crippen LogP contribution in [0.1, 0.15) is 19.3 Å². The van der Waals surface area contributed by atoms with E-state index in [-0.39, 0.29) is 24.7 Å². The second-order valence-electron chi connectivity index (χ2n) is 9.86. The Morgan fingerprint density at radius 3 is 0.840 bits per heavy atom. The van der Waals surface area contributed by atoms with Gasteiger partial charge in [-0.25, -0.2) is 0 Å². The lowest BCUT2D eigenvalue weighted by molar-refractivity contribution is -0.179. The van der Waals surface area contributed by atoms with E-state index < -0.39 is 0 Å². The quantitative estimate of drug-likeness (QED) is 0.0478. The van der Waals surface area contributed by atoms with Crippen LogP contribution < -0.4 is 5.73 Å². The third-order valence-corrected chi connectivity index (χ3v) is 5.92. The lowest BCUT2D eigenvalue weighted by Gasteiger charge is -2.09. The molecule has 0 aromatic heterocycles. The monoisotopic (exact) mass is 730 g/mol. The molecule has 1 heterocycles. The molecule has 0 atom stereocenters. The zero-order chi connectivity index (χ0) is 36.4. The normalized spacial score (nSPS) is 12.9. The largest absolute Gasteiger partial charge is 0.379 e. The molecule has 0 saturated carbocycles. The molecule has 1 saturated heterocycles. The fourth-order valence-electron chi connectivity index (χ4n) is 3.50. The number of hydrogen-bond acceptors (Lipinski definition) is 17. The predicted molar refractivity (Wildman–Crippen MR) is 178 cm³/mol. The molecule has 0 aromatic carbocycles. The molecule has 18 nitrogen and oxygen atoms in total. The fourth-order valence-corrected chi connectivity index (χ4v) is 3.50. The molecule has 0 unspecified atom stereocenters. The van der Waals surface area contributed by atoms with Crippen molar-refractivity contribution in [2.24, 2.45) is 5.73 Å². The van der Waals surface area contributed by atoms with Crippen molar-refractivity contribution in [3.05, 3.63) is 0 Å². The van der Waals surface area contributed by atoms with Crippen LogP contribution in [0.4, 0.5) is 0 Å². The van der Waals surface area contributed by atoms with Crippen molar-refractivity contribution in [2.75, 3.05) is 172 Å². The van der Waals surface area contributed by atoms with E-state index in [9.17, 15) is 14.4 Å². The Kier molecular flexibility index (Phi) is 40.2. The Balaban J connectivity index is 0.00000229. The molecule has 1 aliphatic rings. The third kappa shape index (κ3) is 36.1. The Hall–Kier alpha value is -1.75. The summed E-state index contributed by atoms with van der Waals surface area (Å²) in [5.41, 5.74) is 5.32. The zero-order valence-electron chi connectivity index (χ0n) is 29.9. The maximum atomic E-state index is 10.6. The van der Waals surface area contributed by atoms with Crippen molar-refractivity contribution < 1.29 is 76.1 Å². The smallest absolute Gasteiger partial charge is 0.253 e. The van der Waals surface area contributed by atoms with Crippen molar-refractivity contribution in [3.63, 3.8) is 0 Å². The van der Waals surface area contributed by atoms with Gasteiger partial charge in [0, 0.05) is 25.8 Å². The molecule has 0 spiro atoms. The van der Waals surface area contributed by atoms with Crippen molar-refractivity contribution in [3.8, 4) is 0 Å². The summed E-state index contributed by atoms with van der Waals surface area (Å²) in [6.45, 7) is 12.7. The van der Waals surface area contributed by atoms with Crippen molar-refractivity contribution in [1.82, 2.24) is 5.06 Å². The number of aldehydes is 1. The lowest BCUT2D eigenvalue weighted by atomic mass is 10.4. The van der Waals surface area contributed by atoms with E-state index in [1.807, 2.05) is 0 Å². The summed E-state index contributed by atoms with van der Waals surface area (Å²) >= 11 is 0. The van der Waals surface area contributed by atoms with Crippen LogP contribution in [-0.4, -0.2) is 195 Å². The predicted octanol–water partition coefficient (Wildman–Crippen LogP) is -0.570. The third-order valence-electron chi connectivity index (χ3n) is 5.92. The van der Waals surface area contributed by atoms with Gasteiger partial charge in [-0.3, -0.25) is 14.4 Å². The van der Waals surface area contributed by atoms with Gasteiger partial charge in [0.2, 0.25) is 0 Å². The van der Waals surface area contributed by atoms with Crippen LogP contribution in [-0.2, 0) is 76.1 Å². The van der Waals surface area contributed by atoms with E-state index >= 15 is 0 Å². The number of carbonyl (C=O) groups is 3. The number of ether oxygens (including phenoxy) is 12. The van der Waals surface area contributed by atoms with Crippen LogP contribution in [0.5, 0.6) is 0 Å². The number of rotatable bonds is 39. The SMILES string of the molecule is CON1C(=O)CCC1=O.NCCOCCOCCOCCOCCOCCOCCOCCOCCOCCOCCOCCOCCC=O. The molecule has 0 aromatic rings. The lowest BCUT2D eigenvalue weighted by Crippen LogP contribution is -2.27. The van der Waals surface area contributed by atoms with Gasteiger partial charge >= 0.3 is 0 Å². The number of imide groups is 1. The standard InChI is InChI=1S/C27H55NO13.C5H7NO3/c28-2-5-31-7-9-33-11-13-35-15-17-37-19-21-39-23-25-41-27-26-40-24-22-38-20-18-36-16-14-34-12-10-32-8-6-30-4-1-3-29;1-9-6-4(7)2-3-5(6)8/h3H,1-2,4-28H2;2-3H2,1H3. The molecule has 1 aliphatic heterocycles. The summed E-state index contributed by atoms with van der Waals surface area (Å²) in [4.78, 5) is 35.8. The highest BCUT2D eigenvalue weighted by Gasteiger charge is 2.28. The van der Waals surface area contributed by atoms with Gasteiger partial charge in [-0.05, 0) is 0 Å². The second-order valence-corrected chi connectivity index (χ2v) is 9.86. The first-order chi connectivity index (χ1) is 24.7. The van der Waals surface area contributed by atoms with Gasteiger partial charge in [0.1, 0.15) is 6.29 Å². The molecule has 0 bridgehead atoms. The molecular formula is C32H62N2O16. The van der Waals surface area contributed by atoms with Gasteiger partial charge in [0.15, 0.2) is 0 Å². The highest BCUT2D eigenvalue weighted by atomic mass is 16.7. The molecule has 1 fully saturated rings. The van der Waals surface area contributed by atoms with Gasteiger partial charge < -0.3 is 67.4 Å². The molecule has 2 amide bonds. The molecule has 0 radical (unpaired) electrons. The van der Waals surface area contributed by atoms with Crippen LogP contribution in [0.3, 0.4) is 0 Å². The summed E-state index contributed by atoms with van der Waals surface area (Å²) < 4.78 is 64.6. The molecular weight excluding hydrogens is 668 g/mol. The minimum absolute atomic E-state index is 0.248. The topological polar surface area (TPSA) is 200 Å². The molecule has 296 valence electrons. The minimum atomic E-state index is -0.248. The van der Waals surface area contributed by atoms with Gasteiger partial charge in [-0.15, -0.1) is 0 Å². The van der Waals surface area contributed by atoms with E-state index in [0.29, 0.717) is 172 Å². The van der Waals surface area contributed by atoms with Crippen molar-refractivity contribution >= 4 is 18.1 Å². The van der Waals surface area contributed by atoms with Crippen molar-refractivity contribution in [1.29, 1.82) is 0 Å². The Morgan fingerprint density at radius 2 is 0.660 bits per heavy atom. The summed E-state index contributed by atoms with van der Waals surface area (Å²) in [5.74, 6) is -0.495. The molecule has 1 rings (SSSR count). The minimum Gasteiger partial charge on any atom is -0.379 e. The average Bonchev–Trinajstić information content (AvgIpc) is 3.46. The van der Waals surface area contributed by atoms with Gasteiger partial charge in [-0.1, -0.05) is 0 Å². The molecule has 0 aliphatic carbocycles. The first-order valence-corrected chi connectivity index (χ1v) is 17.1. The molecule has 18 heteroatoms. The van der Waals surface area contributed by atoms with Crippen LogP contribution in [0.2, 0.25) is 0 Å². The van der Waals surface area contributed by atoms with E-state index in [1.165, 1.54) is 7.11 Å². The van der Waals surface area contributed by atoms with Crippen LogP contribution >= 0.6 is 0 Å². The maximum Gasteiger partial charge on any atom is 0.253 e. The highest BCUT2D eigenvalue weighted by molar-refractivity contribution is 6.00. The number of hydroxylamine groups is 2. The Morgan fingerprint density at radius 1 is 0.440 bits per heavy atom. The maximum absolute atomic E-state index is 10.6. The second kappa shape index (κ2) is 41.7. The van der Waals surface area contributed by atoms with Gasteiger partial charge in [-0.2, -0.15) is 5.06 Å². The van der Waals surface area contributed by atoms with E-state index in [1.54, 1.807) is 0 Å². The van der Waals surface area contributed by atoms with Crippen LogP contribution in [0, 0.1) is 0 Å². The van der Waals surface area contributed by atoms with Gasteiger partial charge in [0.25, 0.3) is 11.8 Å². The number of nitrogens with two attached hydrogens (primary N) is 1. The number of amides is 2. The summed E-state index contributed by atoms with van der Waals surface area (Å²) in [6, 6.07) is 0. The Bertz CT molecular complexity index is 724. The molecule has 2 N–H and O–H groups in total. The van der Waals surface area contributed by atoms with Crippen LogP contribution in [0.15, 0.2) is 0 Å². The van der Waals surface area contributed by atoms with Crippen LogP contribution in [0.25, 0.3) is 0 Å². The number of carbonyl (C=O) groups excluding carboxylic acids is 3. The fraction of sp³-hybridized carbons (Fsp3) is 0.906. The van der Waals surface area contributed by atoms with E-state index in [2.05, 4.69) is 4.84 Å². The first kappa shape index (κ1) is 48.2. The summed E-state index contributed by atoms with van der Waals surface area (Å²) in [5, 5.41) is 0.792. The Labute approximate surface area is 296 Å². The average molecular weight is 731 g/mol. The van der Waals surface area contributed by atoms with Gasteiger partial charge in [0.05, 0.1) is 166 Å². The van der Waals surface area contributed by atoms with E-state index in [0.717, 1.165) is 11.3 Å². The highest BCUT2D eigenvalue weighted by Crippen LogP contribution is 2.10. The number of hydrogen-bond donors (Lipinski definition) is 1. The summed E-state index contributed by atoms with van der Waals surface area (Å²) in [6.07, 6.45) is 1.82. The van der Waals surface area contributed by atoms with Crippen molar-refractivity contribution in [2.45, 2.75) is 19.3 Å². The van der Waals surface area contributed by atoms with E-state index in [4.69, 9.17) is 62.6 Å². The molecule has 50 heavy (non-hydrogen) atoms.